The third-order valence-corrected chi connectivity index (χ3v) is 3.19. The first-order valence-corrected chi connectivity index (χ1v) is 6.11. The summed E-state index contributed by atoms with van der Waals surface area (Å²) >= 11 is 5.97. The number of aromatic nitrogens is 2. The standard InChI is InChI=1S/C13H13ClN2O3/c1-3-7-4-8(12(17)9(14)5-7)11-6-10(13(18)19)15-16(11)2/h4-6,17H,3H2,1-2H3,(H,18,19). The number of hydrogen-bond donors (Lipinski definition) is 2. The van der Waals surface area contributed by atoms with Crippen LogP contribution in [0.25, 0.3) is 11.3 Å². The van der Waals surface area contributed by atoms with Gasteiger partial charge in [-0.2, -0.15) is 5.10 Å². The van der Waals surface area contributed by atoms with Crippen molar-refractivity contribution in [3.63, 3.8) is 0 Å². The summed E-state index contributed by atoms with van der Waals surface area (Å²) in [6.45, 7) is 1.97. The molecule has 1 aromatic heterocycles. The van der Waals surface area contributed by atoms with Crippen molar-refractivity contribution >= 4 is 17.6 Å². The molecule has 1 aromatic carbocycles. The van der Waals surface area contributed by atoms with Gasteiger partial charge in [0, 0.05) is 12.6 Å². The SMILES string of the molecule is CCc1cc(Cl)c(O)c(-c2cc(C(=O)O)nn2C)c1. The fourth-order valence-corrected chi connectivity index (χ4v) is 2.12. The molecule has 0 saturated carbocycles. The van der Waals surface area contributed by atoms with Gasteiger partial charge in [0.2, 0.25) is 0 Å². The number of carbonyl (C=O) groups is 1. The van der Waals surface area contributed by atoms with Gasteiger partial charge in [0.05, 0.1) is 10.7 Å². The average molecular weight is 281 g/mol. The molecule has 0 spiro atoms. The maximum absolute atomic E-state index is 10.9. The van der Waals surface area contributed by atoms with Crippen LogP contribution in [0.1, 0.15) is 23.0 Å². The van der Waals surface area contributed by atoms with E-state index in [0.717, 1.165) is 12.0 Å². The summed E-state index contributed by atoms with van der Waals surface area (Å²) in [7, 11) is 1.62. The molecule has 0 aliphatic heterocycles. The molecule has 0 saturated heterocycles. The van der Waals surface area contributed by atoms with E-state index in [9.17, 15) is 9.90 Å². The van der Waals surface area contributed by atoms with Crippen LogP contribution in [-0.4, -0.2) is 26.0 Å². The minimum atomic E-state index is -1.11. The second-order valence-corrected chi connectivity index (χ2v) is 4.58. The minimum absolute atomic E-state index is 0.0706. The van der Waals surface area contributed by atoms with Crippen LogP contribution in [0.5, 0.6) is 5.75 Å². The van der Waals surface area contributed by atoms with Gasteiger partial charge < -0.3 is 10.2 Å². The number of benzene rings is 1. The molecule has 0 bridgehead atoms. The van der Waals surface area contributed by atoms with E-state index in [-0.39, 0.29) is 16.5 Å². The number of phenols is 1. The van der Waals surface area contributed by atoms with E-state index in [1.165, 1.54) is 10.7 Å². The number of rotatable bonds is 3. The topological polar surface area (TPSA) is 75.3 Å². The minimum Gasteiger partial charge on any atom is -0.506 e. The fourth-order valence-electron chi connectivity index (χ4n) is 1.88. The van der Waals surface area contributed by atoms with E-state index in [1.54, 1.807) is 19.2 Å². The highest BCUT2D eigenvalue weighted by Crippen LogP contribution is 2.36. The van der Waals surface area contributed by atoms with Crippen molar-refractivity contribution in [2.75, 3.05) is 0 Å². The molecular formula is C13H13ClN2O3. The molecule has 0 atom stereocenters. The van der Waals surface area contributed by atoms with E-state index in [1.807, 2.05) is 6.92 Å². The van der Waals surface area contributed by atoms with E-state index in [2.05, 4.69) is 5.10 Å². The number of aromatic hydroxyl groups is 1. The van der Waals surface area contributed by atoms with Gasteiger partial charge in [-0.05, 0) is 30.2 Å². The molecule has 2 aromatic rings. The Kier molecular flexibility index (Phi) is 3.48. The number of aromatic carboxylic acids is 1. The van der Waals surface area contributed by atoms with Crippen molar-refractivity contribution in [1.82, 2.24) is 9.78 Å². The smallest absolute Gasteiger partial charge is 0.356 e. The summed E-state index contributed by atoms with van der Waals surface area (Å²) in [6.07, 6.45) is 0.761. The number of nitrogens with zero attached hydrogens (tertiary/aromatic N) is 2. The van der Waals surface area contributed by atoms with E-state index < -0.39 is 5.97 Å². The zero-order valence-corrected chi connectivity index (χ0v) is 11.3. The predicted molar refractivity (Wildman–Crippen MR) is 71.7 cm³/mol. The summed E-state index contributed by atoms with van der Waals surface area (Å²) in [5, 5.41) is 23.1. The lowest BCUT2D eigenvalue weighted by Crippen LogP contribution is -1.99. The lowest BCUT2D eigenvalue weighted by atomic mass is 10.0. The first-order valence-electron chi connectivity index (χ1n) is 5.73. The average Bonchev–Trinajstić information content (AvgIpc) is 2.75. The van der Waals surface area contributed by atoms with E-state index in [4.69, 9.17) is 16.7 Å². The van der Waals surface area contributed by atoms with Gasteiger partial charge in [0.25, 0.3) is 0 Å². The van der Waals surface area contributed by atoms with Crippen LogP contribution in [0.3, 0.4) is 0 Å². The number of halogens is 1. The molecule has 0 amide bonds. The van der Waals surface area contributed by atoms with Crippen LogP contribution in [-0.2, 0) is 13.5 Å². The fraction of sp³-hybridized carbons (Fsp3) is 0.231. The maximum atomic E-state index is 10.9. The number of carboxylic acids is 1. The molecule has 2 N–H and O–H groups in total. The lowest BCUT2D eigenvalue weighted by Gasteiger charge is -2.09. The quantitative estimate of drug-likeness (QED) is 0.906. The zero-order chi connectivity index (χ0) is 14.2. The van der Waals surface area contributed by atoms with Crippen LogP contribution >= 0.6 is 11.6 Å². The third kappa shape index (κ3) is 2.42. The molecule has 0 aliphatic carbocycles. The molecule has 100 valence electrons. The first kappa shape index (κ1) is 13.4. The van der Waals surface area contributed by atoms with Gasteiger partial charge in [-0.3, -0.25) is 4.68 Å². The van der Waals surface area contributed by atoms with Gasteiger partial charge in [-0.1, -0.05) is 18.5 Å². The molecule has 0 aliphatic rings. The maximum Gasteiger partial charge on any atom is 0.356 e. The molecule has 1 heterocycles. The van der Waals surface area contributed by atoms with Crippen molar-refractivity contribution in [2.45, 2.75) is 13.3 Å². The van der Waals surface area contributed by atoms with Crippen LogP contribution in [0.4, 0.5) is 0 Å². The summed E-state index contributed by atoms with van der Waals surface area (Å²) in [5.74, 6) is -1.18. The Balaban J connectivity index is 2.64. The van der Waals surface area contributed by atoms with Crippen LogP contribution in [0, 0.1) is 0 Å². The molecule has 5 nitrogen and oxygen atoms in total. The Morgan fingerprint density at radius 3 is 2.63 bits per heavy atom. The molecule has 0 fully saturated rings. The summed E-state index contributed by atoms with van der Waals surface area (Å²) in [6, 6.07) is 4.88. The van der Waals surface area contributed by atoms with E-state index in [0.29, 0.717) is 11.3 Å². The number of aryl methyl sites for hydroxylation is 2. The van der Waals surface area contributed by atoms with E-state index >= 15 is 0 Å². The van der Waals surface area contributed by atoms with Gasteiger partial charge in [-0.25, -0.2) is 4.79 Å². The van der Waals surface area contributed by atoms with Gasteiger partial charge in [0.1, 0.15) is 5.75 Å². The number of phenolic OH excluding ortho intramolecular Hbond substituents is 1. The van der Waals surface area contributed by atoms with Crippen molar-refractivity contribution in [1.29, 1.82) is 0 Å². The number of hydrogen-bond acceptors (Lipinski definition) is 3. The van der Waals surface area contributed by atoms with Gasteiger partial charge in [0.15, 0.2) is 5.69 Å². The predicted octanol–water partition coefficient (Wildman–Crippen LogP) is 2.71. The van der Waals surface area contributed by atoms with Crippen molar-refractivity contribution in [2.24, 2.45) is 7.05 Å². The highest BCUT2D eigenvalue weighted by atomic mass is 35.5. The highest BCUT2D eigenvalue weighted by Gasteiger charge is 2.17. The van der Waals surface area contributed by atoms with Crippen LogP contribution < -0.4 is 0 Å². The Bertz CT molecular complexity index is 650. The first-order chi connectivity index (χ1) is 8.93. The number of carboxylic acid groups (broad SMARTS) is 1. The summed E-state index contributed by atoms with van der Waals surface area (Å²) in [4.78, 5) is 10.9. The van der Waals surface area contributed by atoms with Crippen LogP contribution in [0.15, 0.2) is 18.2 Å². The highest BCUT2D eigenvalue weighted by molar-refractivity contribution is 6.32. The summed E-state index contributed by atoms with van der Waals surface area (Å²) in [5.41, 5.74) is 1.87. The summed E-state index contributed by atoms with van der Waals surface area (Å²) < 4.78 is 1.41. The Hall–Kier alpha value is -2.01. The largest absolute Gasteiger partial charge is 0.506 e. The molecule has 2 rings (SSSR count). The van der Waals surface area contributed by atoms with Crippen molar-refractivity contribution in [3.8, 4) is 17.0 Å². The molecular weight excluding hydrogens is 268 g/mol. The monoisotopic (exact) mass is 280 g/mol. The third-order valence-electron chi connectivity index (χ3n) is 2.91. The van der Waals surface area contributed by atoms with Crippen molar-refractivity contribution < 1.29 is 15.0 Å². The lowest BCUT2D eigenvalue weighted by molar-refractivity contribution is 0.0689. The molecule has 0 radical (unpaired) electrons. The van der Waals surface area contributed by atoms with Gasteiger partial charge >= 0.3 is 5.97 Å². The second-order valence-electron chi connectivity index (χ2n) is 4.17. The zero-order valence-electron chi connectivity index (χ0n) is 10.5. The Morgan fingerprint density at radius 2 is 2.11 bits per heavy atom. The Morgan fingerprint density at radius 1 is 1.42 bits per heavy atom. The Labute approximate surface area is 115 Å². The van der Waals surface area contributed by atoms with Crippen molar-refractivity contribution in [3.05, 3.63) is 34.5 Å². The van der Waals surface area contributed by atoms with Crippen LogP contribution in [0.2, 0.25) is 5.02 Å². The molecule has 6 heteroatoms. The molecule has 19 heavy (non-hydrogen) atoms. The second kappa shape index (κ2) is 4.93. The molecule has 0 unspecified atom stereocenters. The van der Waals surface area contributed by atoms with Gasteiger partial charge in [-0.15, -0.1) is 0 Å². The normalized spacial score (nSPS) is 10.7.